The predicted molar refractivity (Wildman–Crippen MR) is 107 cm³/mol. The molecule has 0 amide bonds. The fraction of sp³-hybridized carbons (Fsp3) is 0.625. The van der Waals surface area contributed by atoms with Gasteiger partial charge in [0.05, 0.1) is 5.69 Å². The van der Waals surface area contributed by atoms with E-state index in [0.717, 1.165) is 24.5 Å². The molecule has 0 spiro atoms. The lowest BCUT2D eigenvalue weighted by atomic mass is 9.45. The summed E-state index contributed by atoms with van der Waals surface area (Å²) in [6.07, 6.45) is 14.7. The first-order chi connectivity index (χ1) is 12.9. The van der Waals surface area contributed by atoms with E-state index in [1.165, 1.54) is 30.4 Å². The van der Waals surface area contributed by atoms with Crippen molar-refractivity contribution in [1.29, 1.82) is 0 Å². The van der Waals surface area contributed by atoms with Crippen molar-refractivity contribution in [3.63, 3.8) is 0 Å². The lowest BCUT2D eigenvalue weighted by Gasteiger charge is -2.59. The summed E-state index contributed by atoms with van der Waals surface area (Å²) >= 11 is 0. The second kappa shape index (κ2) is 5.86. The van der Waals surface area contributed by atoms with Crippen LogP contribution in [0.1, 0.15) is 65.0 Å². The predicted octanol–water partition coefficient (Wildman–Crippen LogP) is 5.25. The summed E-state index contributed by atoms with van der Waals surface area (Å²) in [5, 5.41) is 0. The fourth-order valence-corrected chi connectivity index (χ4v) is 7.25. The zero-order valence-electron chi connectivity index (χ0n) is 16.7. The van der Waals surface area contributed by atoms with Crippen molar-refractivity contribution in [3.05, 3.63) is 42.0 Å². The lowest BCUT2D eigenvalue weighted by molar-refractivity contribution is -0.122. The van der Waals surface area contributed by atoms with Crippen LogP contribution in [0, 0.1) is 34.5 Å². The maximum Gasteiger partial charge on any atom is 0.136 e. The normalized spacial score (nSPS) is 43.3. The molecule has 0 saturated heterocycles. The third-order valence-corrected chi connectivity index (χ3v) is 8.71. The molecule has 1 heterocycles. The van der Waals surface area contributed by atoms with E-state index >= 15 is 0 Å². The molecule has 3 heteroatoms. The van der Waals surface area contributed by atoms with E-state index in [0.29, 0.717) is 30.0 Å². The molecule has 0 unspecified atom stereocenters. The Balaban J connectivity index is 1.52. The van der Waals surface area contributed by atoms with Gasteiger partial charge in [0.2, 0.25) is 0 Å². The molecule has 0 bridgehead atoms. The second-order valence-corrected chi connectivity index (χ2v) is 9.88. The Hall–Kier alpha value is -1.77. The zero-order valence-corrected chi connectivity index (χ0v) is 16.7. The van der Waals surface area contributed by atoms with Crippen LogP contribution >= 0.6 is 0 Å². The first-order valence-corrected chi connectivity index (χ1v) is 10.6. The Morgan fingerprint density at radius 3 is 2.78 bits per heavy atom. The van der Waals surface area contributed by atoms with Gasteiger partial charge in [-0.3, -0.25) is 4.79 Å². The molecule has 2 saturated carbocycles. The SMILES string of the molecule is C[C@@H]1C=C2CC(=O)CC[C@]2(C)[C@H]2CC[C@]3(C)C(c4ccncn4)=CC[C@H]3[C@H]12. The number of allylic oxidation sites excluding steroid dienone is 4. The van der Waals surface area contributed by atoms with E-state index in [1.807, 2.05) is 6.20 Å². The summed E-state index contributed by atoms with van der Waals surface area (Å²) in [7, 11) is 0. The molecule has 4 aliphatic rings. The van der Waals surface area contributed by atoms with Crippen LogP contribution in [0.3, 0.4) is 0 Å². The fourth-order valence-electron chi connectivity index (χ4n) is 7.25. The number of carbonyl (C=O) groups excluding carboxylic acids is 1. The Labute approximate surface area is 162 Å². The quantitative estimate of drug-likeness (QED) is 0.641. The van der Waals surface area contributed by atoms with Gasteiger partial charge in [0.15, 0.2) is 0 Å². The number of nitrogens with zero attached hydrogens (tertiary/aromatic N) is 2. The van der Waals surface area contributed by atoms with Crippen molar-refractivity contribution in [2.45, 2.75) is 59.3 Å². The number of ketones is 1. The minimum atomic E-state index is 0.218. The minimum Gasteiger partial charge on any atom is -0.299 e. The smallest absolute Gasteiger partial charge is 0.136 e. The van der Waals surface area contributed by atoms with Crippen molar-refractivity contribution in [2.75, 3.05) is 0 Å². The van der Waals surface area contributed by atoms with Crippen molar-refractivity contribution in [3.8, 4) is 0 Å². The number of Topliss-reactive ketones (excluding diaryl/α,β-unsaturated/α-hetero) is 1. The number of hydrogen-bond acceptors (Lipinski definition) is 3. The standard InChI is InChI=1S/C24H30N2O/c1-15-12-16-13-17(27)6-9-23(16,2)20-7-10-24(3)18(4-5-19(24)22(15)20)21-8-11-25-14-26-21/h4,8,11-12,14-15,19-20,22H,5-7,9-10,13H2,1-3H3/t15-,19+,20+,22+,23+,24-/m1/s1. The molecule has 1 aromatic heterocycles. The first kappa shape index (κ1) is 17.3. The lowest BCUT2D eigenvalue weighted by Crippen LogP contribution is -2.51. The highest BCUT2D eigenvalue weighted by Crippen LogP contribution is 2.66. The first-order valence-electron chi connectivity index (χ1n) is 10.6. The molecule has 27 heavy (non-hydrogen) atoms. The Morgan fingerprint density at radius 2 is 2.00 bits per heavy atom. The molecule has 3 nitrogen and oxygen atoms in total. The molecule has 1 aromatic rings. The minimum absolute atomic E-state index is 0.218. The van der Waals surface area contributed by atoms with E-state index in [2.05, 4.69) is 49.0 Å². The van der Waals surface area contributed by atoms with Gasteiger partial charge in [-0.25, -0.2) is 9.97 Å². The van der Waals surface area contributed by atoms with E-state index in [9.17, 15) is 4.79 Å². The molecule has 4 aliphatic carbocycles. The Morgan fingerprint density at radius 1 is 1.15 bits per heavy atom. The maximum absolute atomic E-state index is 12.1. The van der Waals surface area contributed by atoms with Crippen molar-refractivity contribution < 1.29 is 4.79 Å². The molecule has 0 aromatic carbocycles. The van der Waals surface area contributed by atoms with E-state index in [4.69, 9.17) is 0 Å². The summed E-state index contributed by atoms with van der Waals surface area (Å²) in [6, 6.07) is 2.07. The topological polar surface area (TPSA) is 42.9 Å². The summed E-state index contributed by atoms with van der Waals surface area (Å²) in [5.41, 5.74) is 4.47. The van der Waals surface area contributed by atoms with Crippen molar-refractivity contribution in [2.24, 2.45) is 34.5 Å². The summed E-state index contributed by atoms with van der Waals surface area (Å²) in [4.78, 5) is 20.8. The van der Waals surface area contributed by atoms with Gasteiger partial charge < -0.3 is 0 Å². The molecule has 0 N–H and O–H groups in total. The van der Waals surface area contributed by atoms with Crippen LogP contribution in [-0.4, -0.2) is 15.8 Å². The average molecular weight is 363 g/mol. The van der Waals surface area contributed by atoms with Gasteiger partial charge in [-0.05, 0) is 71.8 Å². The van der Waals surface area contributed by atoms with Gasteiger partial charge in [-0.2, -0.15) is 0 Å². The monoisotopic (exact) mass is 362 g/mol. The average Bonchev–Trinajstić information content (AvgIpc) is 3.01. The highest BCUT2D eigenvalue weighted by molar-refractivity contribution is 5.82. The molecular weight excluding hydrogens is 332 g/mol. The third kappa shape index (κ3) is 2.36. The molecule has 142 valence electrons. The second-order valence-electron chi connectivity index (χ2n) is 9.88. The van der Waals surface area contributed by atoms with E-state index in [-0.39, 0.29) is 10.8 Å². The summed E-state index contributed by atoms with van der Waals surface area (Å²) < 4.78 is 0. The molecule has 5 rings (SSSR count). The van der Waals surface area contributed by atoms with Crippen molar-refractivity contribution >= 4 is 11.4 Å². The largest absolute Gasteiger partial charge is 0.299 e. The molecule has 2 fully saturated rings. The molecule has 0 aliphatic heterocycles. The van der Waals surface area contributed by atoms with Gasteiger partial charge in [-0.1, -0.05) is 38.5 Å². The Bertz CT molecular complexity index is 841. The summed E-state index contributed by atoms with van der Waals surface area (Å²) in [6.45, 7) is 7.34. The summed E-state index contributed by atoms with van der Waals surface area (Å²) in [5.74, 6) is 3.12. The molecular formula is C24H30N2O. The third-order valence-electron chi connectivity index (χ3n) is 8.71. The number of carbonyl (C=O) groups is 1. The van der Waals surface area contributed by atoms with Crippen molar-refractivity contribution in [1.82, 2.24) is 9.97 Å². The van der Waals surface area contributed by atoms with Gasteiger partial charge in [0.1, 0.15) is 12.1 Å². The number of rotatable bonds is 1. The molecule has 6 atom stereocenters. The van der Waals surface area contributed by atoms with Crippen LogP contribution in [0.4, 0.5) is 0 Å². The van der Waals surface area contributed by atoms with Crippen LogP contribution in [0.15, 0.2) is 36.3 Å². The van der Waals surface area contributed by atoms with Gasteiger partial charge in [0, 0.05) is 19.0 Å². The van der Waals surface area contributed by atoms with Crippen LogP contribution in [0.2, 0.25) is 0 Å². The van der Waals surface area contributed by atoms with Crippen LogP contribution in [-0.2, 0) is 4.79 Å². The van der Waals surface area contributed by atoms with E-state index in [1.54, 1.807) is 6.33 Å². The van der Waals surface area contributed by atoms with Gasteiger partial charge >= 0.3 is 0 Å². The van der Waals surface area contributed by atoms with E-state index < -0.39 is 0 Å². The highest BCUT2D eigenvalue weighted by Gasteiger charge is 2.58. The van der Waals surface area contributed by atoms with Crippen LogP contribution < -0.4 is 0 Å². The van der Waals surface area contributed by atoms with Gasteiger partial charge in [-0.15, -0.1) is 0 Å². The molecule has 0 radical (unpaired) electrons. The number of fused-ring (bicyclic) bond motifs is 5. The highest BCUT2D eigenvalue weighted by atomic mass is 16.1. The van der Waals surface area contributed by atoms with Gasteiger partial charge in [0.25, 0.3) is 0 Å². The zero-order chi connectivity index (χ0) is 18.8. The number of hydrogen-bond donors (Lipinski definition) is 0. The Kier molecular flexibility index (Phi) is 3.76. The van der Waals surface area contributed by atoms with Crippen LogP contribution in [0.25, 0.3) is 5.57 Å². The number of aromatic nitrogens is 2. The van der Waals surface area contributed by atoms with Crippen LogP contribution in [0.5, 0.6) is 0 Å². The maximum atomic E-state index is 12.1.